The Hall–Kier alpha value is -2.47. The second kappa shape index (κ2) is 5.88. The molecule has 0 aliphatic carbocycles. The van der Waals surface area contributed by atoms with Gasteiger partial charge in [-0.15, -0.1) is 0 Å². The second-order valence-electron chi connectivity index (χ2n) is 4.61. The van der Waals surface area contributed by atoms with Crippen LogP contribution in [0.4, 0.5) is 5.00 Å². The standard InChI is InChI=1S/C15H14N4OS/c1-10-14(18-13(20)9-12-7-8-16-19-12)21-15(17-10)11-5-3-2-4-6-11/h2-8H,9H2,1H3,(H,16,19)(H,18,20). The topological polar surface area (TPSA) is 70.7 Å². The third-order valence-electron chi connectivity index (χ3n) is 2.98. The summed E-state index contributed by atoms with van der Waals surface area (Å²) in [6.45, 7) is 1.90. The van der Waals surface area contributed by atoms with E-state index in [4.69, 9.17) is 0 Å². The van der Waals surface area contributed by atoms with Gasteiger partial charge in [-0.3, -0.25) is 9.89 Å². The third kappa shape index (κ3) is 3.17. The number of nitrogens with one attached hydrogen (secondary N) is 2. The Morgan fingerprint density at radius 3 is 2.81 bits per heavy atom. The van der Waals surface area contributed by atoms with Gasteiger partial charge < -0.3 is 5.32 Å². The lowest BCUT2D eigenvalue weighted by atomic mass is 10.2. The first-order chi connectivity index (χ1) is 10.2. The fourth-order valence-corrected chi connectivity index (χ4v) is 2.93. The number of hydrogen-bond donors (Lipinski definition) is 2. The zero-order valence-electron chi connectivity index (χ0n) is 11.5. The van der Waals surface area contributed by atoms with E-state index in [1.54, 1.807) is 12.3 Å². The average molecular weight is 298 g/mol. The van der Waals surface area contributed by atoms with Crippen molar-refractivity contribution in [1.82, 2.24) is 15.2 Å². The predicted octanol–water partition coefficient (Wildman–Crippen LogP) is 3.02. The van der Waals surface area contributed by atoms with Gasteiger partial charge in [0.25, 0.3) is 0 Å². The molecule has 6 heteroatoms. The molecule has 106 valence electrons. The predicted molar refractivity (Wildman–Crippen MR) is 83.2 cm³/mol. The molecule has 0 unspecified atom stereocenters. The molecule has 0 radical (unpaired) electrons. The van der Waals surface area contributed by atoms with Crippen molar-refractivity contribution in [3.63, 3.8) is 0 Å². The van der Waals surface area contributed by atoms with E-state index in [2.05, 4.69) is 20.5 Å². The lowest BCUT2D eigenvalue weighted by molar-refractivity contribution is -0.115. The van der Waals surface area contributed by atoms with Gasteiger partial charge in [0.1, 0.15) is 10.0 Å². The Bertz CT molecular complexity index is 734. The maximum Gasteiger partial charge on any atom is 0.231 e. The van der Waals surface area contributed by atoms with E-state index in [0.29, 0.717) is 0 Å². The van der Waals surface area contributed by atoms with E-state index in [9.17, 15) is 4.79 Å². The van der Waals surface area contributed by atoms with E-state index in [1.807, 2.05) is 37.3 Å². The molecule has 0 bridgehead atoms. The first-order valence-electron chi connectivity index (χ1n) is 6.53. The molecule has 0 saturated carbocycles. The molecule has 5 nitrogen and oxygen atoms in total. The minimum Gasteiger partial charge on any atom is -0.316 e. The van der Waals surface area contributed by atoms with Gasteiger partial charge in [-0.25, -0.2) is 4.98 Å². The summed E-state index contributed by atoms with van der Waals surface area (Å²) in [5, 5.41) is 11.2. The normalized spacial score (nSPS) is 10.5. The van der Waals surface area contributed by atoms with Crippen molar-refractivity contribution in [3.05, 3.63) is 54.0 Å². The highest BCUT2D eigenvalue weighted by molar-refractivity contribution is 7.19. The largest absolute Gasteiger partial charge is 0.316 e. The SMILES string of the molecule is Cc1nc(-c2ccccc2)sc1NC(=O)Cc1ccn[nH]1. The number of aromatic amines is 1. The van der Waals surface area contributed by atoms with E-state index >= 15 is 0 Å². The van der Waals surface area contributed by atoms with Gasteiger partial charge in [-0.1, -0.05) is 41.7 Å². The Labute approximate surface area is 126 Å². The number of hydrogen-bond acceptors (Lipinski definition) is 4. The smallest absolute Gasteiger partial charge is 0.231 e. The van der Waals surface area contributed by atoms with Gasteiger partial charge in [-0.2, -0.15) is 5.10 Å². The molecule has 1 amide bonds. The van der Waals surface area contributed by atoms with Crippen LogP contribution < -0.4 is 5.32 Å². The van der Waals surface area contributed by atoms with Crippen LogP contribution >= 0.6 is 11.3 Å². The third-order valence-corrected chi connectivity index (χ3v) is 4.10. The summed E-state index contributed by atoms with van der Waals surface area (Å²) in [5.74, 6) is -0.0781. The maximum atomic E-state index is 12.0. The van der Waals surface area contributed by atoms with E-state index in [-0.39, 0.29) is 12.3 Å². The number of anilines is 1. The molecule has 2 heterocycles. The molecule has 0 atom stereocenters. The van der Waals surface area contributed by atoms with Crippen LogP contribution in [0.1, 0.15) is 11.4 Å². The lowest BCUT2D eigenvalue weighted by Crippen LogP contribution is -2.14. The molecule has 0 spiro atoms. The molecule has 0 aliphatic rings. The highest BCUT2D eigenvalue weighted by atomic mass is 32.1. The van der Waals surface area contributed by atoms with E-state index in [0.717, 1.165) is 27.0 Å². The summed E-state index contributed by atoms with van der Waals surface area (Å²) in [4.78, 5) is 16.5. The number of aryl methyl sites for hydroxylation is 1. The minimum atomic E-state index is -0.0781. The molecule has 3 aromatic rings. The van der Waals surface area contributed by atoms with Gasteiger partial charge in [0, 0.05) is 17.5 Å². The van der Waals surface area contributed by atoms with Crippen molar-refractivity contribution in [2.24, 2.45) is 0 Å². The molecule has 3 rings (SSSR count). The first kappa shape index (κ1) is 13.5. The molecule has 0 fully saturated rings. The number of H-pyrrole nitrogens is 1. The van der Waals surface area contributed by atoms with E-state index in [1.165, 1.54) is 11.3 Å². The van der Waals surface area contributed by atoms with Gasteiger partial charge in [-0.05, 0) is 13.0 Å². The van der Waals surface area contributed by atoms with Gasteiger partial charge in [0.05, 0.1) is 12.1 Å². The summed E-state index contributed by atoms with van der Waals surface area (Å²) in [5.41, 5.74) is 2.68. The van der Waals surface area contributed by atoms with Crippen molar-refractivity contribution in [2.45, 2.75) is 13.3 Å². The first-order valence-corrected chi connectivity index (χ1v) is 7.35. The number of rotatable bonds is 4. The highest BCUT2D eigenvalue weighted by Crippen LogP contribution is 2.31. The van der Waals surface area contributed by atoms with Crippen LogP contribution in [-0.4, -0.2) is 21.1 Å². The quantitative estimate of drug-likeness (QED) is 0.777. The van der Waals surface area contributed by atoms with Crippen LogP contribution in [0, 0.1) is 6.92 Å². The van der Waals surface area contributed by atoms with Crippen molar-refractivity contribution in [1.29, 1.82) is 0 Å². The number of carbonyl (C=O) groups excluding carboxylic acids is 1. The zero-order chi connectivity index (χ0) is 14.7. The summed E-state index contributed by atoms with van der Waals surface area (Å²) in [7, 11) is 0. The van der Waals surface area contributed by atoms with Gasteiger partial charge >= 0.3 is 0 Å². The van der Waals surface area contributed by atoms with Crippen LogP contribution in [0.25, 0.3) is 10.6 Å². The maximum absolute atomic E-state index is 12.0. The van der Waals surface area contributed by atoms with Crippen LogP contribution in [-0.2, 0) is 11.2 Å². The average Bonchev–Trinajstić information content (AvgIpc) is 3.11. The minimum absolute atomic E-state index is 0.0781. The zero-order valence-corrected chi connectivity index (χ0v) is 12.3. The molecule has 1 aromatic carbocycles. The van der Waals surface area contributed by atoms with Crippen LogP contribution in [0.2, 0.25) is 0 Å². The number of nitrogens with zero attached hydrogens (tertiary/aromatic N) is 2. The highest BCUT2D eigenvalue weighted by Gasteiger charge is 2.12. The van der Waals surface area contributed by atoms with Crippen molar-refractivity contribution in [2.75, 3.05) is 5.32 Å². The fourth-order valence-electron chi connectivity index (χ4n) is 1.94. The molecule has 0 saturated heterocycles. The molecule has 2 N–H and O–H groups in total. The monoisotopic (exact) mass is 298 g/mol. The summed E-state index contributed by atoms with van der Waals surface area (Å²) >= 11 is 1.48. The molecule has 0 aliphatic heterocycles. The molecular weight excluding hydrogens is 284 g/mol. The van der Waals surface area contributed by atoms with Gasteiger partial charge in [0.2, 0.25) is 5.91 Å². The van der Waals surface area contributed by atoms with Gasteiger partial charge in [0.15, 0.2) is 0 Å². The summed E-state index contributed by atoms with van der Waals surface area (Å²) in [6.07, 6.45) is 1.91. The van der Waals surface area contributed by atoms with Crippen LogP contribution in [0.15, 0.2) is 42.6 Å². The molecule has 21 heavy (non-hydrogen) atoms. The number of carbonyl (C=O) groups is 1. The second-order valence-corrected chi connectivity index (χ2v) is 5.61. The van der Waals surface area contributed by atoms with Crippen molar-refractivity contribution >= 4 is 22.2 Å². The van der Waals surface area contributed by atoms with E-state index < -0.39 is 0 Å². The van der Waals surface area contributed by atoms with Crippen molar-refractivity contribution in [3.8, 4) is 10.6 Å². The Balaban J connectivity index is 1.74. The Morgan fingerprint density at radius 2 is 2.10 bits per heavy atom. The molecular formula is C15H14N4OS. The Kier molecular flexibility index (Phi) is 3.79. The number of thiazole rings is 1. The number of benzene rings is 1. The van der Waals surface area contributed by atoms with Crippen molar-refractivity contribution < 1.29 is 4.79 Å². The van der Waals surface area contributed by atoms with Crippen LogP contribution in [0.5, 0.6) is 0 Å². The number of aromatic nitrogens is 3. The van der Waals surface area contributed by atoms with Crippen LogP contribution in [0.3, 0.4) is 0 Å². The fraction of sp³-hybridized carbons (Fsp3) is 0.133. The number of amides is 1. The molecule has 2 aromatic heterocycles. The Morgan fingerprint density at radius 1 is 1.29 bits per heavy atom. The summed E-state index contributed by atoms with van der Waals surface area (Å²) in [6, 6.07) is 11.7. The summed E-state index contributed by atoms with van der Waals surface area (Å²) < 4.78 is 0. The lowest BCUT2D eigenvalue weighted by Gasteiger charge is -2.01.